The lowest BCUT2D eigenvalue weighted by atomic mass is 10.1. The van der Waals surface area contributed by atoms with Gasteiger partial charge in [-0.1, -0.05) is 5.16 Å². The predicted molar refractivity (Wildman–Crippen MR) is 60.6 cm³/mol. The highest BCUT2D eigenvalue weighted by Crippen LogP contribution is 2.34. The molecule has 17 heavy (non-hydrogen) atoms. The standard InChI is InChI=1S/C11H11F2N3O/c1-16(2)10-4-9(13)8(12)3-6(10)7-5-15-17-11(7)14/h3-5H,14H2,1-2H3. The second kappa shape index (κ2) is 4.04. The summed E-state index contributed by atoms with van der Waals surface area (Å²) in [7, 11) is 3.44. The average molecular weight is 239 g/mol. The van der Waals surface area contributed by atoms with Crippen molar-refractivity contribution in [1.29, 1.82) is 0 Å². The van der Waals surface area contributed by atoms with Gasteiger partial charge >= 0.3 is 0 Å². The Labute approximate surface area is 96.6 Å². The highest BCUT2D eigenvalue weighted by molar-refractivity contribution is 5.83. The summed E-state index contributed by atoms with van der Waals surface area (Å²) < 4.78 is 31.2. The number of nitrogens with zero attached hydrogens (tertiary/aromatic N) is 2. The Morgan fingerprint density at radius 3 is 2.35 bits per heavy atom. The molecule has 1 aromatic carbocycles. The van der Waals surface area contributed by atoms with Crippen LogP contribution in [-0.4, -0.2) is 19.3 Å². The summed E-state index contributed by atoms with van der Waals surface area (Å²) in [5, 5.41) is 3.52. The minimum absolute atomic E-state index is 0.0686. The summed E-state index contributed by atoms with van der Waals surface area (Å²) in [6.45, 7) is 0. The molecule has 0 fully saturated rings. The van der Waals surface area contributed by atoms with Crippen molar-refractivity contribution in [3.05, 3.63) is 30.0 Å². The van der Waals surface area contributed by atoms with Crippen LogP contribution in [0.1, 0.15) is 0 Å². The Kier molecular flexibility index (Phi) is 2.71. The van der Waals surface area contributed by atoms with Gasteiger partial charge in [-0.2, -0.15) is 0 Å². The third-order valence-electron chi connectivity index (χ3n) is 2.41. The van der Waals surface area contributed by atoms with E-state index in [1.807, 2.05) is 0 Å². The molecular formula is C11H11F2N3O. The fourth-order valence-corrected chi connectivity index (χ4v) is 1.57. The Hall–Kier alpha value is -2.11. The SMILES string of the molecule is CN(C)c1cc(F)c(F)cc1-c1cnoc1N. The van der Waals surface area contributed by atoms with E-state index >= 15 is 0 Å². The maximum atomic E-state index is 13.3. The van der Waals surface area contributed by atoms with Crippen molar-refractivity contribution in [2.45, 2.75) is 0 Å². The first kappa shape index (κ1) is 11.4. The van der Waals surface area contributed by atoms with E-state index in [9.17, 15) is 8.78 Å². The first-order valence-corrected chi connectivity index (χ1v) is 4.87. The molecule has 0 amide bonds. The predicted octanol–water partition coefficient (Wildman–Crippen LogP) is 2.27. The normalized spacial score (nSPS) is 10.6. The van der Waals surface area contributed by atoms with E-state index in [1.165, 1.54) is 6.20 Å². The van der Waals surface area contributed by atoms with Gasteiger partial charge in [-0.3, -0.25) is 0 Å². The van der Waals surface area contributed by atoms with Gasteiger partial charge in [-0.25, -0.2) is 8.78 Å². The summed E-state index contributed by atoms with van der Waals surface area (Å²) >= 11 is 0. The molecule has 0 aliphatic carbocycles. The van der Waals surface area contributed by atoms with Gasteiger partial charge in [0.25, 0.3) is 0 Å². The van der Waals surface area contributed by atoms with Gasteiger partial charge in [0, 0.05) is 31.4 Å². The van der Waals surface area contributed by atoms with Crippen molar-refractivity contribution in [2.24, 2.45) is 0 Å². The maximum absolute atomic E-state index is 13.3. The van der Waals surface area contributed by atoms with Gasteiger partial charge < -0.3 is 15.2 Å². The molecule has 0 spiro atoms. The molecule has 1 heterocycles. The zero-order valence-electron chi connectivity index (χ0n) is 9.37. The molecule has 2 N–H and O–H groups in total. The van der Waals surface area contributed by atoms with E-state index in [2.05, 4.69) is 5.16 Å². The van der Waals surface area contributed by atoms with E-state index in [1.54, 1.807) is 19.0 Å². The van der Waals surface area contributed by atoms with Gasteiger partial charge in [-0.15, -0.1) is 0 Å². The lowest BCUT2D eigenvalue weighted by Gasteiger charge is -2.17. The van der Waals surface area contributed by atoms with Gasteiger partial charge in [0.05, 0.1) is 11.8 Å². The van der Waals surface area contributed by atoms with E-state index < -0.39 is 11.6 Å². The number of rotatable bonds is 2. The minimum atomic E-state index is -0.939. The molecule has 2 rings (SSSR count). The Bertz CT molecular complexity index is 552. The zero-order chi connectivity index (χ0) is 12.6. The number of nitrogens with two attached hydrogens (primary N) is 1. The van der Waals surface area contributed by atoms with Gasteiger partial charge in [-0.05, 0) is 6.07 Å². The van der Waals surface area contributed by atoms with Crippen LogP contribution in [0.3, 0.4) is 0 Å². The molecule has 0 aliphatic rings. The highest BCUT2D eigenvalue weighted by atomic mass is 19.2. The summed E-state index contributed by atoms with van der Waals surface area (Å²) in [6, 6.07) is 2.19. The van der Waals surface area contributed by atoms with Crippen molar-refractivity contribution in [2.75, 3.05) is 24.7 Å². The van der Waals surface area contributed by atoms with Crippen LogP contribution in [0.5, 0.6) is 0 Å². The maximum Gasteiger partial charge on any atom is 0.230 e. The number of nitrogen functional groups attached to an aromatic ring is 1. The molecule has 0 unspecified atom stereocenters. The van der Waals surface area contributed by atoms with Gasteiger partial charge in [0.1, 0.15) is 0 Å². The van der Waals surface area contributed by atoms with Crippen LogP contribution in [0, 0.1) is 11.6 Å². The first-order valence-electron chi connectivity index (χ1n) is 4.87. The number of aromatic nitrogens is 1. The largest absolute Gasteiger partial charge is 0.377 e. The molecule has 0 saturated heterocycles. The van der Waals surface area contributed by atoms with Crippen molar-refractivity contribution in [1.82, 2.24) is 5.16 Å². The number of halogens is 2. The average Bonchev–Trinajstić information content (AvgIpc) is 2.67. The van der Waals surface area contributed by atoms with Crippen LogP contribution >= 0.6 is 0 Å². The van der Waals surface area contributed by atoms with Crippen LogP contribution < -0.4 is 10.6 Å². The van der Waals surface area contributed by atoms with Crippen LogP contribution in [0.4, 0.5) is 20.4 Å². The fraction of sp³-hybridized carbons (Fsp3) is 0.182. The molecule has 4 nitrogen and oxygen atoms in total. The molecule has 2 aromatic rings. The lowest BCUT2D eigenvalue weighted by Crippen LogP contribution is -2.11. The van der Waals surface area contributed by atoms with E-state index in [0.717, 1.165) is 12.1 Å². The van der Waals surface area contributed by atoms with E-state index in [-0.39, 0.29) is 5.88 Å². The van der Waals surface area contributed by atoms with Crippen molar-refractivity contribution in [3.8, 4) is 11.1 Å². The van der Waals surface area contributed by atoms with Crippen LogP contribution in [0.25, 0.3) is 11.1 Å². The Morgan fingerprint density at radius 2 is 1.82 bits per heavy atom. The lowest BCUT2D eigenvalue weighted by molar-refractivity contribution is 0.436. The molecule has 0 radical (unpaired) electrons. The third-order valence-corrected chi connectivity index (χ3v) is 2.41. The number of hydrogen-bond acceptors (Lipinski definition) is 4. The molecular weight excluding hydrogens is 228 g/mol. The highest BCUT2D eigenvalue weighted by Gasteiger charge is 2.16. The third kappa shape index (κ3) is 1.93. The Morgan fingerprint density at radius 1 is 1.18 bits per heavy atom. The first-order chi connectivity index (χ1) is 8.00. The molecule has 0 atom stereocenters. The van der Waals surface area contributed by atoms with E-state index in [0.29, 0.717) is 16.8 Å². The summed E-state index contributed by atoms with van der Waals surface area (Å²) in [6.07, 6.45) is 1.37. The summed E-state index contributed by atoms with van der Waals surface area (Å²) in [4.78, 5) is 1.66. The number of hydrogen-bond donors (Lipinski definition) is 1. The molecule has 1 aromatic heterocycles. The fourth-order valence-electron chi connectivity index (χ4n) is 1.57. The van der Waals surface area contributed by atoms with Crippen LogP contribution in [0.15, 0.2) is 22.9 Å². The van der Waals surface area contributed by atoms with Gasteiger partial charge in [0.2, 0.25) is 5.88 Å². The van der Waals surface area contributed by atoms with Crippen molar-refractivity contribution in [3.63, 3.8) is 0 Å². The Balaban J connectivity index is 2.68. The monoisotopic (exact) mass is 239 g/mol. The van der Waals surface area contributed by atoms with Gasteiger partial charge in [0.15, 0.2) is 11.6 Å². The van der Waals surface area contributed by atoms with E-state index in [4.69, 9.17) is 10.3 Å². The minimum Gasteiger partial charge on any atom is -0.377 e. The molecule has 90 valence electrons. The van der Waals surface area contributed by atoms with Crippen LogP contribution in [0.2, 0.25) is 0 Å². The second-order valence-corrected chi connectivity index (χ2v) is 3.78. The summed E-state index contributed by atoms with van der Waals surface area (Å²) in [5.41, 5.74) is 6.94. The molecule has 6 heteroatoms. The number of benzene rings is 1. The molecule has 0 bridgehead atoms. The molecule has 0 aliphatic heterocycles. The zero-order valence-corrected chi connectivity index (χ0v) is 9.37. The topological polar surface area (TPSA) is 55.3 Å². The quantitative estimate of drug-likeness (QED) is 0.873. The molecule has 0 saturated carbocycles. The second-order valence-electron chi connectivity index (χ2n) is 3.78. The van der Waals surface area contributed by atoms with Crippen molar-refractivity contribution >= 4 is 11.6 Å². The smallest absolute Gasteiger partial charge is 0.230 e. The van der Waals surface area contributed by atoms with Crippen molar-refractivity contribution < 1.29 is 13.3 Å². The van der Waals surface area contributed by atoms with Crippen LogP contribution in [-0.2, 0) is 0 Å². The number of anilines is 2. The summed E-state index contributed by atoms with van der Waals surface area (Å²) in [5.74, 6) is -1.78.